The quantitative estimate of drug-likeness (QED) is 0.846. The fraction of sp³-hybridized carbons (Fsp3) is 0.263. The second kappa shape index (κ2) is 7.27. The van der Waals surface area contributed by atoms with Gasteiger partial charge in [0.25, 0.3) is 0 Å². The monoisotopic (exact) mass is 402 g/mol. The highest BCUT2D eigenvalue weighted by atomic mass is 79.9. The van der Waals surface area contributed by atoms with Gasteiger partial charge in [0.1, 0.15) is 5.75 Å². The first-order valence-corrected chi connectivity index (χ1v) is 8.78. The number of benzene rings is 2. The van der Waals surface area contributed by atoms with Gasteiger partial charge >= 0.3 is 0 Å². The maximum atomic E-state index is 12.5. The van der Waals surface area contributed by atoms with Crippen molar-refractivity contribution in [3.05, 3.63) is 52.5 Å². The van der Waals surface area contributed by atoms with Crippen LogP contribution in [0.1, 0.15) is 12.0 Å². The number of nitrogens with zero attached hydrogens (tertiary/aromatic N) is 1. The Kier molecular flexibility index (Phi) is 5.08. The summed E-state index contributed by atoms with van der Waals surface area (Å²) in [6.45, 7) is 2.31. The van der Waals surface area contributed by atoms with Crippen LogP contribution in [0.15, 0.2) is 46.9 Å². The van der Waals surface area contributed by atoms with Crippen LogP contribution in [-0.2, 0) is 9.59 Å². The van der Waals surface area contributed by atoms with Crippen molar-refractivity contribution in [3.63, 3.8) is 0 Å². The Morgan fingerprint density at radius 2 is 1.96 bits per heavy atom. The van der Waals surface area contributed by atoms with E-state index in [-0.39, 0.29) is 24.2 Å². The molecular weight excluding hydrogens is 384 g/mol. The van der Waals surface area contributed by atoms with Gasteiger partial charge in [-0.15, -0.1) is 0 Å². The lowest BCUT2D eigenvalue weighted by atomic mass is 10.1. The largest absolute Gasteiger partial charge is 0.495 e. The highest BCUT2D eigenvalue weighted by Crippen LogP contribution is 2.34. The van der Waals surface area contributed by atoms with Crippen LogP contribution in [0, 0.1) is 12.8 Å². The topological polar surface area (TPSA) is 58.6 Å². The number of methoxy groups -OCH3 is 1. The predicted octanol–water partition coefficient (Wildman–Crippen LogP) is 3.76. The second-order valence-corrected chi connectivity index (χ2v) is 6.99. The van der Waals surface area contributed by atoms with Gasteiger partial charge in [-0.2, -0.15) is 0 Å². The van der Waals surface area contributed by atoms with E-state index in [9.17, 15) is 9.59 Å². The third-order valence-corrected chi connectivity index (χ3v) is 4.76. The molecule has 6 heteroatoms. The molecule has 1 saturated heterocycles. The van der Waals surface area contributed by atoms with Crippen molar-refractivity contribution in [3.8, 4) is 5.75 Å². The molecule has 2 amide bonds. The lowest BCUT2D eigenvalue weighted by Gasteiger charge is -2.20. The summed E-state index contributed by atoms with van der Waals surface area (Å²) in [7, 11) is 1.58. The first-order valence-electron chi connectivity index (χ1n) is 7.99. The molecule has 2 aromatic rings. The number of carbonyl (C=O) groups is 2. The third-order valence-electron chi connectivity index (χ3n) is 4.23. The molecule has 0 aromatic heterocycles. The van der Waals surface area contributed by atoms with Crippen LogP contribution in [0.3, 0.4) is 0 Å². The fourth-order valence-electron chi connectivity index (χ4n) is 2.90. The van der Waals surface area contributed by atoms with Gasteiger partial charge in [0.2, 0.25) is 11.8 Å². The van der Waals surface area contributed by atoms with Crippen LogP contribution in [-0.4, -0.2) is 25.5 Å². The summed E-state index contributed by atoms with van der Waals surface area (Å²) in [5, 5.41) is 2.87. The van der Waals surface area contributed by atoms with E-state index in [1.165, 1.54) is 0 Å². The van der Waals surface area contributed by atoms with Crippen LogP contribution in [0.25, 0.3) is 0 Å². The van der Waals surface area contributed by atoms with E-state index in [4.69, 9.17) is 4.74 Å². The summed E-state index contributed by atoms with van der Waals surface area (Å²) in [5.74, 6) is 0.0268. The van der Waals surface area contributed by atoms with Gasteiger partial charge in [-0.1, -0.05) is 22.0 Å². The van der Waals surface area contributed by atoms with Gasteiger partial charge in [-0.05, 0) is 48.9 Å². The highest BCUT2D eigenvalue weighted by Gasteiger charge is 2.36. The molecular formula is C19H19BrN2O3. The maximum absolute atomic E-state index is 12.5. The van der Waals surface area contributed by atoms with E-state index < -0.39 is 0 Å². The van der Waals surface area contributed by atoms with Crippen LogP contribution < -0.4 is 15.0 Å². The maximum Gasteiger partial charge on any atom is 0.229 e. The number of hydrogen-bond donors (Lipinski definition) is 1. The number of aryl methyl sites for hydroxylation is 1. The van der Waals surface area contributed by atoms with Crippen LogP contribution in [0.4, 0.5) is 11.4 Å². The summed E-state index contributed by atoms with van der Waals surface area (Å²) < 4.78 is 6.31. The van der Waals surface area contributed by atoms with Gasteiger partial charge in [0.05, 0.1) is 18.7 Å². The average molecular weight is 403 g/mol. The van der Waals surface area contributed by atoms with Crippen molar-refractivity contribution >= 4 is 39.1 Å². The van der Waals surface area contributed by atoms with E-state index in [1.807, 2.05) is 49.4 Å². The van der Waals surface area contributed by atoms with Crippen molar-refractivity contribution < 1.29 is 14.3 Å². The van der Waals surface area contributed by atoms with Crippen LogP contribution in [0.5, 0.6) is 5.75 Å². The number of halogens is 1. The number of anilines is 2. The summed E-state index contributed by atoms with van der Waals surface area (Å²) in [6.07, 6.45) is 0.194. The summed E-state index contributed by atoms with van der Waals surface area (Å²) >= 11 is 3.36. The average Bonchev–Trinajstić information content (AvgIpc) is 2.98. The van der Waals surface area contributed by atoms with E-state index in [0.29, 0.717) is 23.7 Å². The molecule has 1 atom stereocenters. The van der Waals surface area contributed by atoms with Crippen molar-refractivity contribution in [2.24, 2.45) is 5.92 Å². The minimum atomic E-state index is -0.388. The molecule has 1 fully saturated rings. The molecule has 5 nitrogen and oxygen atoms in total. The smallest absolute Gasteiger partial charge is 0.229 e. The molecule has 1 aliphatic heterocycles. The third kappa shape index (κ3) is 3.85. The zero-order valence-electron chi connectivity index (χ0n) is 14.1. The van der Waals surface area contributed by atoms with E-state index in [0.717, 1.165) is 10.0 Å². The SMILES string of the molecule is COc1ccc(C)cc1N1CC(C(=O)Nc2ccc(Br)cc2)CC1=O. The summed E-state index contributed by atoms with van der Waals surface area (Å²) in [5.41, 5.74) is 2.46. The van der Waals surface area contributed by atoms with Gasteiger partial charge in [-0.3, -0.25) is 9.59 Å². The number of nitrogens with one attached hydrogen (secondary N) is 1. The Balaban J connectivity index is 1.75. The molecule has 1 N–H and O–H groups in total. The van der Waals surface area contributed by atoms with Crippen molar-refractivity contribution in [1.29, 1.82) is 0 Å². The summed E-state index contributed by atoms with van der Waals surface area (Å²) in [6, 6.07) is 13.0. The highest BCUT2D eigenvalue weighted by molar-refractivity contribution is 9.10. The van der Waals surface area contributed by atoms with Crippen LogP contribution >= 0.6 is 15.9 Å². The Morgan fingerprint density at radius 1 is 1.24 bits per heavy atom. The molecule has 1 aliphatic rings. The fourth-order valence-corrected chi connectivity index (χ4v) is 3.17. The first-order chi connectivity index (χ1) is 12.0. The predicted molar refractivity (Wildman–Crippen MR) is 101 cm³/mol. The Morgan fingerprint density at radius 3 is 2.64 bits per heavy atom. The lowest BCUT2D eigenvalue weighted by Crippen LogP contribution is -2.28. The second-order valence-electron chi connectivity index (χ2n) is 6.08. The lowest BCUT2D eigenvalue weighted by molar-refractivity contribution is -0.122. The number of ether oxygens (including phenoxy) is 1. The van der Waals surface area contributed by atoms with Gasteiger partial charge in [-0.25, -0.2) is 0 Å². The molecule has 1 heterocycles. The Hall–Kier alpha value is -2.34. The van der Waals surface area contributed by atoms with E-state index in [1.54, 1.807) is 12.0 Å². The van der Waals surface area contributed by atoms with E-state index in [2.05, 4.69) is 21.2 Å². The zero-order chi connectivity index (χ0) is 18.0. The standard InChI is InChI=1S/C19H19BrN2O3/c1-12-3-8-17(25-2)16(9-12)22-11-13(10-18(22)23)19(24)21-15-6-4-14(20)5-7-15/h3-9,13H,10-11H2,1-2H3,(H,21,24). The normalized spacial score (nSPS) is 16.8. The van der Waals surface area contributed by atoms with Gasteiger partial charge in [0.15, 0.2) is 0 Å². The van der Waals surface area contributed by atoms with E-state index >= 15 is 0 Å². The number of amides is 2. The van der Waals surface area contributed by atoms with Gasteiger partial charge in [0, 0.05) is 23.1 Å². The van der Waals surface area contributed by atoms with Gasteiger partial charge < -0.3 is 15.0 Å². The van der Waals surface area contributed by atoms with Crippen LogP contribution in [0.2, 0.25) is 0 Å². The number of carbonyl (C=O) groups excluding carboxylic acids is 2. The summed E-state index contributed by atoms with van der Waals surface area (Å²) in [4.78, 5) is 26.6. The molecule has 1 unspecified atom stereocenters. The molecule has 0 aliphatic carbocycles. The molecule has 0 bridgehead atoms. The van der Waals surface area contributed by atoms with Crippen molar-refractivity contribution in [2.45, 2.75) is 13.3 Å². The molecule has 3 rings (SSSR count). The van der Waals surface area contributed by atoms with Crippen molar-refractivity contribution in [2.75, 3.05) is 23.9 Å². The Labute approximate surface area is 155 Å². The van der Waals surface area contributed by atoms with Crippen molar-refractivity contribution in [1.82, 2.24) is 0 Å². The molecule has 0 saturated carbocycles. The Bertz CT molecular complexity index is 805. The number of rotatable bonds is 4. The molecule has 130 valence electrons. The molecule has 0 radical (unpaired) electrons. The molecule has 0 spiro atoms. The first kappa shape index (κ1) is 17.5. The molecule has 25 heavy (non-hydrogen) atoms. The minimum absolute atomic E-state index is 0.0696. The zero-order valence-corrected chi connectivity index (χ0v) is 15.7. The molecule has 2 aromatic carbocycles. The number of hydrogen-bond acceptors (Lipinski definition) is 3. The minimum Gasteiger partial charge on any atom is -0.495 e.